The lowest BCUT2D eigenvalue weighted by molar-refractivity contribution is -0.132. The largest absolute Gasteiger partial charge is 0.396 e. The number of aliphatic hydroxyl groups is 1. The fourth-order valence-corrected chi connectivity index (χ4v) is 3.07. The molecule has 1 aliphatic carbocycles. The van der Waals surface area contributed by atoms with E-state index >= 15 is 0 Å². The van der Waals surface area contributed by atoms with Gasteiger partial charge in [0.25, 0.3) is 5.91 Å². The molecule has 4 nitrogen and oxygen atoms in total. The Morgan fingerprint density at radius 1 is 1.29 bits per heavy atom. The van der Waals surface area contributed by atoms with E-state index in [1.165, 1.54) is 6.42 Å². The number of benzene rings is 1. The standard InChI is InChI=1S/C17H25NO3/c1-21-16(13-8-4-2-5-9-13)17(20)18-15-11-7-3-6-10-14(15)12-19/h2,4-5,8-9,14-16,19H,3,6-7,10-12H2,1H3,(H,18,20)/t14?,15?,16-/m1/s1. The monoisotopic (exact) mass is 291 g/mol. The second-order valence-electron chi connectivity index (χ2n) is 5.72. The van der Waals surface area contributed by atoms with Crippen molar-refractivity contribution in [2.45, 2.75) is 44.2 Å². The Morgan fingerprint density at radius 2 is 2.00 bits per heavy atom. The van der Waals surface area contributed by atoms with Crippen molar-refractivity contribution in [1.29, 1.82) is 0 Å². The van der Waals surface area contributed by atoms with E-state index in [1.807, 2.05) is 30.3 Å². The van der Waals surface area contributed by atoms with Gasteiger partial charge in [-0.15, -0.1) is 0 Å². The van der Waals surface area contributed by atoms with Crippen LogP contribution in [0.1, 0.15) is 43.8 Å². The van der Waals surface area contributed by atoms with E-state index in [0.717, 1.165) is 31.2 Å². The molecular formula is C17H25NO3. The van der Waals surface area contributed by atoms with Gasteiger partial charge < -0.3 is 15.2 Å². The van der Waals surface area contributed by atoms with Crippen LogP contribution >= 0.6 is 0 Å². The van der Waals surface area contributed by atoms with E-state index in [4.69, 9.17) is 4.74 Å². The third kappa shape index (κ3) is 4.29. The van der Waals surface area contributed by atoms with Crippen LogP contribution in [-0.2, 0) is 9.53 Å². The number of aliphatic hydroxyl groups excluding tert-OH is 1. The predicted octanol–water partition coefficient (Wildman–Crippen LogP) is 2.43. The van der Waals surface area contributed by atoms with E-state index in [9.17, 15) is 9.90 Å². The van der Waals surface area contributed by atoms with Crippen LogP contribution in [-0.4, -0.2) is 30.8 Å². The molecule has 3 atom stereocenters. The lowest BCUT2D eigenvalue weighted by Gasteiger charge is -2.26. The van der Waals surface area contributed by atoms with Gasteiger partial charge in [0.1, 0.15) is 0 Å². The minimum absolute atomic E-state index is 0.0476. The molecule has 2 N–H and O–H groups in total. The molecule has 0 heterocycles. The molecule has 116 valence electrons. The Bertz CT molecular complexity index is 435. The zero-order valence-electron chi connectivity index (χ0n) is 12.6. The van der Waals surface area contributed by atoms with Gasteiger partial charge in [0.2, 0.25) is 0 Å². The summed E-state index contributed by atoms with van der Waals surface area (Å²) in [6, 6.07) is 9.55. The first-order chi connectivity index (χ1) is 10.3. The van der Waals surface area contributed by atoms with Crippen molar-refractivity contribution in [3.8, 4) is 0 Å². The first kappa shape index (κ1) is 16.0. The molecule has 0 bridgehead atoms. The van der Waals surface area contributed by atoms with E-state index < -0.39 is 6.10 Å². The van der Waals surface area contributed by atoms with E-state index in [1.54, 1.807) is 7.11 Å². The maximum atomic E-state index is 12.5. The summed E-state index contributed by atoms with van der Waals surface area (Å²) < 4.78 is 5.37. The normalized spacial score (nSPS) is 24.1. The van der Waals surface area contributed by atoms with E-state index in [-0.39, 0.29) is 24.5 Å². The third-order valence-electron chi connectivity index (χ3n) is 4.30. The van der Waals surface area contributed by atoms with Crippen molar-refractivity contribution in [3.05, 3.63) is 35.9 Å². The number of nitrogens with one attached hydrogen (secondary N) is 1. The fourth-order valence-electron chi connectivity index (χ4n) is 3.07. The molecular weight excluding hydrogens is 266 g/mol. The molecule has 1 fully saturated rings. The van der Waals surface area contributed by atoms with Crippen LogP contribution in [0.2, 0.25) is 0 Å². The maximum absolute atomic E-state index is 12.5. The third-order valence-corrected chi connectivity index (χ3v) is 4.30. The average molecular weight is 291 g/mol. The fraction of sp³-hybridized carbons (Fsp3) is 0.588. The molecule has 2 unspecified atom stereocenters. The Labute approximate surface area is 126 Å². The Balaban J connectivity index is 2.04. The summed E-state index contributed by atoms with van der Waals surface area (Å²) in [6.07, 6.45) is 4.73. The number of amides is 1. The summed E-state index contributed by atoms with van der Waals surface area (Å²) in [4.78, 5) is 12.5. The Morgan fingerprint density at radius 3 is 2.67 bits per heavy atom. The lowest BCUT2D eigenvalue weighted by atomic mass is 9.95. The Kier molecular flexibility index (Phi) is 6.21. The molecule has 1 amide bonds. The van der Waals surface area contributed by atoms with Gasteiger partial charge >= 0.3 is 0 Å². The topological polar surface area (TPSA) is 58.6 Å². The zero-order valence-corrected chi connectivity index (χ0v) is 12.6. The summed E-state index contributed by atoms with van der Waals surface area (Å²) in [5.74, 6) is 0.0405. The first-order valence-electron chi connectivity index (χ1n) is 7.75. The van der Waals surface area contributed by atoms with Gasteiger partial charge in [-0.1, -0.05) is 49.6 Å². The molecule has 0 radical (unpaired) electrons. The number of ether oxygens (including phenoxy) is 1. The lowest BCUT2D eigenvalue weighted by Crippen LogP contribution is -2.43. The minimum Gasteiger partial charge on any atom is -0.396 e. The molecule has 4 heteroatoms. The second kappa shape index (κ2) is 8.15. The van der Waals surface area contributed by atoms with Crippen LogP contribution in [0.5, 0.6) is 0 Å². The van der Waals surface area contributed by atoms with Gasteiger partial charge in [0.05, 0.1) is 0 Å². The highest BCUT2D eigenvalue weighted by Gasteiger charge is 2.28. The van der Waals surface area contributed by atoms with Crippen LogP contribution in [0.15, 0.2) is 30.3 Å². The molecule has 2 rings (SSSR count). The number of carbonyl (C=O) groups excluding carboxylic acids is 1. The van der Waals surface area contributed by atoms with Gasteiger partial charge in [0.15, 0.2) is 6.10 Å². The number of methoxy groups -OCH3 is 1. The zero-order chi connectivity index (χ0) is 15.1. The van der Waals surface area contributed by atoms with E-state index in [2.05, 4.69) is 5.32 Å². The summed E-state index contributed by atoms with van der Waals surface area (Å²) >= 11 is 0. The smallest absolute Gasteiger partial charge is 0.253 e. The van der Waals surface area contributed by atoms with Crippen LogP contribution in [0.4, 0.5) is 0 Å². The molecule has 1 aromatic carbocycles. The number of rotatable bonds is 5. The highest BCUT2D eigenvalue weighted by molar-refractivity contribution is 5.82. The summed E-state index contributed by atoms with van der Waals surface area (Å²) in [5.41, 5.74) is 0.853. The van der Waals surface area contributed by atoms with Gasteiger partial charge in [-0.25, -0.2) is 0 Å². The molecule has 0 saturated heterocycles. The number of carbonyl (C=O) groups is 1. The van der Waals surface area contributed by atoms with Crippen molar-refractivity contribution in [2.24, 2.45) is 5.92 Å². The average Bonchev–Trinajstić information content (AvgIpc) is 2.74. The molecule has 0 spiro atoms. The summed E-state index contributed by atoms with van der Waals surface area (Å²) in [5, 5.41) is 12.6. The van der Waals surface area contributed by atoms with E-state index in [0.29, 0.717) is 0 Å². The van der Waals surface area contributed by atoms with Crippen molar-refractivity contribution < 1.29 is 14.6 Å². The van der Waals surface area contributed by atoms with Crippen molar-refractivity contribution >= 4 is 5.91 Å². The maximum Gasteiger partial charge on any atom is 0.253 e. The molecule has 21 heavy (non-hydrogen) atoms. The van der Waals surface area contributed by atoms with Crippen molar-refractivity contribution in [3.63, 3.8) is 0 Å². The molecule has 1 aliphatic rings. The second-order valence-corrected chi connectivity index (χ2v) is 5.72. The van der Waals surface area contributed by atoms with Gasteiger partial charge in [-0.3, -0.25) is 4.79 Å². The number of hydrogen-bond acceptors (Lipinski definition) is 3. The quantitative estimate of drug-likeness (QED) is 0.819. The Hall–Kier alpha value is -1.39. The van der Waals surface area contributed by atoms with Gasteiger partial charge in [-0.2, -0.15) is 0 Å². The van der Waals surface area contributed by atoms with Crippen LogP contribution < -0.4 is 5.32 Å². The van der Waals surface area contributed by atoms with Crippen molar-refractivity contribution in [1.82, 2.24) is 5.32 Å². The molecule has 0 aliphatic heterocycles. The summed E-state index contributed by atoms with van der Waals surface area (Å²) in [7, 11) is 1.55. The molecule has 1 aromatic rings. The highest BCUT2D eigenvalue weighted by atomic mass is 16.5. The predicted molar refractivity (Wildman–Crippen MR) is 81.8 cm³/mol. The summed E-state index contributed by atoms with van der Waals surface area (Å²) in [6.45, 7) is 0.133. The van der Waals surface area contributed by atoms with Gasteiger partial charge in [0, 0.05) is 25.7 Å². The van der Waals surface area contributed by atoms with Crippen LogP contribution in [0.3, 0.4) is 0 Å². The molecule has 1 saturated carbocycles. The minimum atomic E-state index is -0.589. The highest BCUT2D eigenvalue weighted by Crippen LogP contribution is 2.24. The molecule has 0 aromatic heterocycles. The SMILES string of the molecule is CO[C@@H](C(=O)NC1CCCCCC1CO)c1ccccc1. The van der Waals surface area contributed by atoms with Gasteiger partial charge in [-0.05, 0) is 18.4 Å². The van der Waals surface area contributed by atoms with Crippen LogP contribution in [0, 0.1) is 5.92 Å². The number of hydrogen-bond donors (Lipinski definition) is 2. The van der Waals surface area contributed by atoms with Crippen LogP contribution in [0.25, 0.3) is 0 Å². The van der Waals surface area contributed by atoms with Crippen molar-refractivity contribution in [2.75, 3.05) is 13.7 Å². The first-order valence-corrected chi connectivity index (χ1v) is 7.75.